The van der Waals surface area contributed by atoms with Crippen LogP contribution >= 0.6 is 0 Å². The van der Waals surface area contributed by atoms with Crippen LogP contribution in [0.1, 0.15) is 32.8 Å². The summed E-state index contributed by atoms with van der Waals surface area (Å²) < 4.78 is 24.7. The van der Waals surface area contributed by atoms with E-state index in [-0.39, 0.29) is 41.2 Å². The highest BCUT2D eigenvalue weighted by atomic mass is 19.1. The first-order chi connectivity index (χ1) is 15.7. The zero-order valence-electron chi connectivity index (χ0n) is 19.0. The standard InChI is InChI=1S/C23H28FN3O6/c1-5-15(2)25-23(29)16(3)26(13-17-8-6-7-9-19(17)24)22(28)14-33-18-10-11-20(27(30)31)21(12-18)32-4/h6-12,15-16H,5,13-14H2,1-4H3,(H,25,29)/t15-,16+/m0/s1. The third-order valence-electron chi connectivity index (χ3n) is 5.18. The summed E-state index contributed by atoms with van der Waals surface area (Å²) in [4.78, 5) is 37.4. The van der Waals surface area contributed by atoms with Crippen molar-refractivity contribution < 1.29 is 28.4 Å². The van der Waals surface area contributed by atoms with Crippen LogP contribution in [0.25, 0.3) is 0 Å². The van der Waals surface area contributed by atoms with Crippen molar-refractivity contribution in [2.45, 2.75) is 45.8 Å². The molecule has 2 rings (SSSR count). The summed E-state index contributed by atoms with van der Waals surface area (Å²) in [5, 5.41) is 13.9. The molecular formula is C23H28FN3O6. The molecule has 178 valence electrons. The molecule has 1 N–H and O–H groups in total. The number of hydrogen-bond acceptors (Lipinski definition) is 6. The molecular weight excluding hydrogens is 433 g/mol. The number of rotatable bonds is 11. The summed E-state index contributed by atoms with van der Waals surface area (Å²) in [7, 11) is 1.28. The average molecular weight is 461 g/mol. The van der Waals surface area contributed by atoms with Gasteiger partial charge < -0.3 is 19.7 Å². The number of halogens is 1. The van der Waals surface area contributed by atoms with Gasteiger partial charge in [0, 0.05) is 30.3 Å². The fourth-order valence-corrected chi connectivity index (χ4v) is 2.98. The number of nitrogens with one attached hydrogen (secondary N) is 1. The van der Waals surface area contributed by atoms with Gasteiger partial charge in [0.2, 0.25) is 11.7 Å². The third-order valence-corrected chi connectivity index (χ3v) is 5.18. The normalized spacial score (nSPS) is 12.4. The van der Waals surface area contributed by atoms with Gasteiger partial charge in [-0.3, -0.25) is 19.7 Å². The Labute approximate surface area is 191 Å². The minimum absolute atomic E-state index is 0.0190. The molecule has 0 unspecified atom stereocenters. The fourth-order valence-electron chi connectivity index (χ4n) is 2.98. The Morgan fingerprint density at radius 2 is 1.91 bits per heavy atom. The van der Waals surface area contributed by atoms with Gasteiger partial charge in [-0.1, -0.05) is 25.1 Å². The molecule has 2 amide bonds. The predicted molar refractivity (Wildman–Crippen MR) is 119 cm³/mol. The largest absolute Gasteiger partial charge is 0.490 e. The van der Waals surface area contributed by atoms with Crippen molar-refractivity contribution in [3.63, 3.8) is 0 Å². The Hall–Kier alpha value is -3.69. The minimum atomic E-state index is -0.888. The summed E-state index contributed by atoms with van der Waals surface area (Å²) >= 11 is 0. The molecule has 0 aromatic heterocycles. The maximum atomic E-state index is 14.2. The Morgan fingerprint density at radius 3 is 2.52 bits per heavy atom. The smallest absolute Gasteiger partial charge is 0.311 e. The first kappa shape index (κ1) is 25.6. The van der Waals surface area contributed by atoms with Crippen LogP contribution < -0.4 is 14.8 Å². The van der Waals surface area contributed by atoms with Gasteiger partial charge in [0.15, 0.2) is 6.61 Å². The van der Waals surface area contributed by atoms with E-state index in [9.17, 15) is 24.1 Å². The monoisotopic (exact) mass is 461 g/mol. The van der Waals surface area contributed by atoms with Crippen LogP contribution in [0.3, 0.4) is 0 Å². The molecule has 0 radical (unpaired) electrons. The van der Waals surface area contributed by atoms with E-state index in [0.29, 0.717) is 6.42 Å². The van der Waals surface area contributed by atoms with Gasteiger partial charge in [0.25, 0.3) is 5.91 Å². The van der Waals surface area contributed by atoms with Crippen molar-refractivity contribution in [1.29, 1.82) is 0 Å². The number of carbonyl (C=O) groups is 2. The number of benzene rings is 2. The molecule has 0 spiro atoms. The van der Waals surface area contributed by atoms with Crippen LogP contribution in [0.5, 0.6) is 11.5 Å². The highest BCUT2D eigenvalue weighted by molar-refractivity contribution is 5.88. The molecule has 0 aliphatic rings. The number of hydrogen-bond donors (Lipinski definition) is 1. The second-order valence-electron chi connectivity index (χ2n) is 7.49. The summed E-state index contributed by atoms with van der Waals surface area (Å²) in [6.07, 6.45) is 0.713. The van der Waals surface area contributed by atoms with Gasteiger partial charge in [-0.2, -0.15) is 0 Å². The molecule has 2 aromatic carbocycles. The van der Waals surface area contributed by atoms with Gasteiger partial charge in [-0.05, 0) is 32.4 Å². The SMILES string of the molecule is CC[C@H](C)NC(=O)[C@@H](C)N(Cc1ccccc1F)C(=O)COc1ccc([N+](=O)[O-])c(OC)c1. The number of carbonyl (C=O) groups excluding carboxylic acids is 2. The quantitative estimate of drug-likeness (QED) is 0.405. The van der Waals surface area contributed by atoms with Crippen LogP contribution in [-0.4, -0.2) is 47.4 Å². The maximum absolute atomic E-state index is 14.2. The van der Waals surface area contributed by atoms with Gasteiger partial charge in [0.1, 0.15) is 17.6 Å². The molecule has 2 aromatic rings. The van der Waals surface area contributed by atoms with Crippen molar-refractivity contribution in [1.82, 2.24) is 10.2 Å². The molecule has 9 nitrogen and oxygen atoms in total. The van der Waals surface area contributed by atoms with Crippen LogP contribution in [0, 0.1) is 15.9 Å². The Balaban J connectivity index is 2.21. The van der Waals surface area contributed by atoms with Crippen LogP contribution in [0.15, 0.2) is 42.5 Å². The summed E-state index contributed by atoms with van der Waals surface area (Å²) in [5.74, 6) is -1.26. The van der Waals surface area contributed by atoms with E-state index in [2.05, 4.69) is 5.32 Å². The molecule has 10 heteroatoms. The van der Waals surface area contributed by atoms with Crippen molar-refractivity contribution in [3.05, 3.63) is 64.0 Å². The van der Waals surface area contributed by atoms with Crippen molar-refractivity contribution in [2.75, 3.05) is 13.7 Å². The van der Waals surface area contributed by atoms with E-state index in [1.165, 1.54) is 48.4 Å². The number of methoxy groups -OCH3 is 1. The summed E-state index contributed by atoms with van der Waals surface area (Å²) in [6, 6.07) is 8.87. The predicted octanol–water partition coefficient (Wildman–Crippen LogP) is 3.45. The highest BCUT2D eigenvalue weighted by Gasteiger charge is 2.28. The van der Waals surface area contributed by atoms with E-state index in [1.807, 2.05) is 13.8 Å². The van der Waals surface area contributed by atoms with E-state index >= 15 is 0 Å². The number of nitro groups is 1. The lowest BCUT2D eigenvalue weighted by atomic mass is 10.1. The van der Waals surface area contributed by atoms with Crippen molar-refractivity contribution in [2.24, 2.45) is 0 Å². The zero-order chi connectivity index (χ0) is 24.5. The maximum Gasteiger partial charge on any atom is 0.311 e. The van der Waals surface area contributed by atoms with Crippen LogP contribution in [-0.2, 0) is 16.1 Å². The highest BCUT2D eigenvalue weighted by Crippen LogP contribution is 2.30. The zero-order valence-corrected chi connectivity index (χ0v) is 19.0. The lowest BCUT2D eigenvalue weighted by Gasteiger charge is -2.29. The van der Waals surface area contributed by atoms with E-state index in [0.717, 1.165) is 0 Å². The lowest BCUT2D eigenvalue weighted by molar-refractivity contribution is -0.385. The molecule has 0 saturated heterocycles. The Kier molecular flexibility index (Phi) is 9.14. The molecule has 33 heavy (non-hydrogen) atoms. The molecule has 0 heterocycles. The lowest BCUT2D eigenvalue weighted by Crippen LogP contribution is -2.50. The number of amides is 2. The number of ether oxygens (including phenoxy) is 2. The first-order valence-electron chi connectivity index (χ1n) is 10.5. The van der Waals surface area contributed by atoms with Gasteiger partial charge >= 0.3 is 5.69 Å². The fraction of sp³-hybridized carbons (Fsp3) is 0.391. The Bertz CT molecular complexity index is 1000. The van der Waals surface area contributed by atoms with Gasteiger partial charge in [-0.15, -0.1) is 0 Å². The molecule has 0 aliphatic heterocycles. The minimum Gasteiger partial charge on any atom is -0.490 e. The van der Waals surface area contributed by atoms with E-state index < -0.39 is 29.3 Å². The second kappa shape index (κ2) is 11.8. The molecule has 0 saturated carbocycles. The summed E-state index contributed by atoms with van der Waals surface area (Å²) in [6.45, 7) is 4.73. The third kappa shape index (κ3) is 6.90. The Morgan fingerprint density at radius 1 is 1.21 bits per heavy atom. The summed E-state index contributed by atoms with van der Waals surface area (Å²) in [5.41, 5.74) is 0.0127. The molecule has 2 atom stereocenters. The average Bonchev–Trinajstić information content (AvgIpc) is 2.80. The topological polar surface area (TPSA) is 111 Å². The molecule has 0 bridgehead atoms. The first-order valence-corrected chi connectivity index (χ1v) is 10.5. The van der Waals surface area contributed by atoms with Gasteiger partial charge in [0.05, 0.1) is 12.0 Å². The van der Waals surface area contributed by atoms with Crippen LogP contribution in [0.4, 0.5) is 10.1 Å². The number of nitrogens with zero attached hydrogens (tertiary/aromatic N) is 2. The molecule has 0 fully saturated rings. The second-order valence-corrected chi connectivity index (χ2v) is 7.49. The van der Waals surface area contributed by atoms with Gasteiger partial charge in [-0.25, -0.2) is 4.39 Å². The number of nitro benzene ring substituents is 1. The van der Waals surface area contributed by atoms with Crippen molar-refractivity contribution in [3.8, 4) is 11.5 Å². The van der Waals surface area contributed by atoms with Crippen molar-refractivity contribution >= 4 is 17.5 Å². The van der Waals surface area contributed by atoms with E-state index in [4.69, 9.17) is 9.47 Å². The molecule has 0 aliphatic carbocycles. The van der Waals surface area contributed by atoms with E-state index in [1.54, 1.807) is 13.0 Å². The van der Waals surface area contributed by atoms with Crippen LogP contribution in [0.2, 0.25) is 0 Å².